The van der Waals surface area contributed by atoms with E-state index in [1.165, 1.54) is 6.92 Å². The van der Waals surface area contributed by atoms with Crippen LogP contribution >= 0.6 is 0 Å². The number of carbonyl (C=O) groups is 1. The van der Waals surface area contributed by atoms with Crippen molar-refractivity contribution >= 4 is 21.7 Å². The Morgan fingerprint density at radius 2 is 1.71 bits per heavy atom. The van der Waals surface area contributed by atoms with Crippen LogP contribution < -0.4 is 4.90 Å². The fourth-order valence-corrected chi connectivity index (χ4v) is 5.03. The Labute approximate surface area is 185 Å². The summed E-state index contributed by atoms with van der Waals surface area (Å²) in [6.07, 6.45) is 1.31. The van der Waals surface area contributed by atoms with Crippen molar-refractivity contribution in [2.75, 3.05) is 39.1 Å². The number of amides is 1. The van der Waals surface area contributed by atoms with Gasteiger partial charge in [-0.3, -0.25) is 4.79 Å². The molecule has 168 valence electrons. The molecule has 0 bridgehead atoms. The summed E-state index contributed by atoms with van der Waals surface area (Å²) in [5.41, 5.74) is 1.81. The smallest absolute Gasteiger partial charge is 0.243 e. The highest BCUT2D eigenvalue weighted by Crippen LogP contribution is 2.30. The Hall–Kier alpha value is -2.52. The third-order valence-electron chi connectivity index (χ3n) is 5.66. The van der Waals surface area contributed by atoms with Crippen LogP contribution in [0.4, 0.5) is 5.82 Å². The summed E-state index contributed by atoms with van der Waals surface area (Å²) < 4.78 is 27.5. The van der Waals surface area contributed by atoms with Crippen molar-refractivity contribution in [2.45, 2.75) is 44.0 Å². The maximum absolute atomic E-state index is 13.0. The molecule has 1 saturated heterocycles. The molecule has 2 heterocycles. The molecule has 0 aliphatic carbocycles. The lowest BCUT2D eigenvalue weighted by Crippen LogP contribution is -2.38. The Bertz CT molecular complexity index is 1030. The van der Waals surface area contributed by atoms with E-state index in [4.69, 9.17) is 9.97 Å². The van der Waals surface area contributed by atoms with Gasteiger partial charge in [-0.25, -0.2) is 18.4 Å². The van der Waals surface area contributed by atoms with E-state index in [9.17, 15) is 13.2 Å². The molecule has 0 atom stereocenters. The van der Waals surface area contributed by atoms with Crippen LogP contribution in [0.5, 0.6) is 0 Å². The summed E-state index contributed by atoms with van der Waals surface area (Å²) in [5.74, 6) is 1.55. The molecular formula is C22H31N5O3S. The normalized spacial score (nSPS) is 15.6. The molecule has 0 saturated carbocycles. The maximum atomic E-state index is 13.0. The molecular weight excluding hydrogens is 414 g/mol. The zero-order chi connectivity index (χ0) is 22.8. The fourth-order valence-electron chi connectivity index (χ4n) is 3.56. The van der Waals surface area contributed by atoms with Crippen LogP contribution in [0.1, 0.15) is 42.8 Å². The van der Waals surface area contributed by atoms with Crippen LogP contribution in [0.2, 0.25) is 0 Å². The van der Waals surface area contributed by atoms with Gasteiger partial charge in [0.25, 0.3) is 0 Å². The van der Waals surface area contributed by atoms with Crippen molar-refractivity contribution in [1.82, 2.24) is 19.2 Å². The summed E-state index contributed by atoms with van der Waals surface area (Å²) >= 11 is 0. The van der Waals surface area contributed by atoms with Crippen LogP contribution in [-0.4, -0.2) is 67.7 Å². The molecule has 9 heteroatoms. The second-order valence-electron chi connectivity index (χ2n) is 8.34. The van der Waals surface area contributed by atoms with Crippen molar-refractivity contribution < 1.29 is 13.2 Å². The molecule has 1 fully saturated rings. The Morgan fingerprint density at radius 1 is 1.10 bits per heavy atom. The number of piperidine rings is 1. The van der Waals surface area contributed by atoms with Gasteiger partial charge in [-0.05, 0) is 31.9 Å². The van der Waals surface area contributed by atoms with E-state index >= 15 is 0 Å². The van der Waals surface area contributed by atoms with Gasteiger partial charge >= 0.3 is 0 Å². The van der Waals surface area contributed by atoms with Gasteiger partial charge < -0.3 is 9.80 Å². The standard InChI is InChI=1S/C22H31N5O3S/c1-16-6-8-20(9-7-16)31(29,30)27-12-10-18(11-13-27)22-23-19(15-26(5)17(2)28)14-21(24-22)25(3)4/h6-9,14,18H,10-13,15H2,1-5H3. The molecule has 2 aromatic rings. The fraction of sp³-hybridized carbons (Fsp3) is 0.500. The highest BCUT2D eigenvalue weighted by molar-refractivity contribution is 7.89. The largest absolute Gasteiger partial charge is 0.363 e. The quantitative estimate of drug-likeness (QED) is 0.679. The number of rotatable bonds is 6. The number of aryl methyl sites for hydroxylation is 1. The third kappa shape index (κ3) is 5.40. The molecule has 31 heavy (non-hydrogen) atoms. The summed E-state index contributed by atoms with van der Waals surface area (Å²) in [6.45, 7) is 4.73. The Kier molecular flexibility index (Phi) is 6.96. The van der Waals surface area contributed by atoms with Gasteiger partial charge in [0.2, 0.25) is 15.9 Å². The third-order valence-corrected chi connectivity index (χ3v) is 7.57. The zero-order valence-electron chi connectivity index (χ0n) is 18.9. The molecule has 1 aromatic heterocycles. The van der Waals surface area contributed by atoms with Crippen LogP contribution in [-0.2, 0) is 21.4 Å². The topological polar surface area (TPSA) is 86.7 Å². The van der Waals surface area contributed by atoms with E-state index in [-0.39, 0.29) is 11.8 Å². The van der Waals surface area contributed by atoms with E-state index in [0.29, 0.717) is 43.2 Å². The van der Waals surface area contributed by atoms with E-state index in [1.807, 2.05) is 44.1 Å². The number of hydrogen-bond acceptors (Lipinski definition) is 6. The lowest BCUT2D eigenvalue weighted by atomic mass is 9.97. The zero-order valence-corrected chi connectivity index (χ0v) is 19.7. The first-order valence-electron chi connectivity index (χ1n) is 10.4. The first kappa shape index (κ1) is 23.1. The maximum Gasteiger partial charge on any atom is 0.243 e. The molecule has 1 aliphatic rings. The minimum Gasteiger partial charge on any atom is -0.363 e. The lowest BCUT2D eigenvalue weighted by Gasteiger charge is -2.31. The Balaban J connectivity index is 1.77. The lowest BCUT2D eigenvalue weighted by molar-refractivity contribution is -0.128. The van der Waals surface area contributed by atoms with E-state index in [0.717, 1.165) is 17.1 Å². The SMILES string of the molecule is CC(=O)N(C)Cc1cc(N(C)C)nc(C2CCN(S(=O)(=O)c3ccc(C)cc3)CC2)n1. The van der Waals surface area contributed by atoms with Gasteiger partial charge in [0.15, 0.2) is 0 Å². The highest BCUT2D eigenvalue weighted by Gasteiger charge is 2.31. The van der Waals surface area contributed by atoms with Crippen molar-refractivity contribution in [2.24, 2.45) is 0 Å². The summed E-state index contributed by atoms with van der Waals surface area (Å²) in [5, 5.41) is 0. The van der Waals surface area contributed by atoms with Crippen LogP contribution in [0.3, 0.4) is 0 Å². The summed E-state index contributed by atoms with van der Waals surface area (Å²) in [6, 6.07) is 8.86. The summed E-state index contributed by atoms with van der Waals surface area (Å²) in [4.78, 5) is 24.9. The van der Waals surface area contributed by atoms with Crippen molar-refractivity contribution in [3.63, 3.8) is 0 Å². The van der Waals surface area contributed by atoms with E-state index in [2.05, 4.69) is 0 Å². The number of anilines is 1. The molecule has 1 amide bonds. The number of nitrogens with zero attached hydrogens (tertiary/aromatic N) is 5. The minimum absolute atomic E-state index is 0.0267. The highest BCUT2D eigenvalue weighted by atomic mass is 32.2. The molecule has 3 rings (SSSR count). The van der Waals surface area contributed by atoms with Crippen LogP contribution in [0, 0.1) is 6.92 Å². The predicted molar refractivity (Wildman–Crippen MR) is 120 cm³/mol. The molecule has 0 unspecified atom stereocenters. The van der Waals surface area contributed by atoms with Crippen molar-refractivity contribution in [3.05, 3.63) is 47.4 Å². The average Bonchev–Trinajstić information content (AvgIpc) is 2.73. The summed E-state index contributed by atoms with van der Waals surface area (Å²) in [7, 11) is 2.08. The van der Waals surface area contributed by atoms with Gasteiger partial charge in [-0.1, -0.05) is 17.7 Å². The van der Waals surface area contributed by atoms with Crippen molar-refractivity contribution in [3.8, 4) is 0 Å². The van der Waals surface area contributed by atoms with Crippen LogP contribution in [0.25, 0.3) is 0 Å². The number of aromatic nitrogens is 2. The average molecular weight is 446 g/mol. The van der Waals surface area contributed by atoms with E-state index < -0.39 is 10.0 Å². The minimum atomic E-state index is -3.50. The molecule has 1 aliphatic heterocycles. The second-order valence-corrected chi connectivity index (χ2v) is 10.3. The number of hydrogen-bond donors (Lipinski definition) is 0. The molecule has 0 radical (unpaired) electrons. The molecule has 8 nitrogen and oxygen atoms in total. The second kappa shape index (κ2) is 9.32. The first-order valence-corrected chi connectivity index (χ1v) is 11.9. The molecule has 1 aromatic carbocycles. The predicted octanol–water partition coefficient (Wildman–Crippen LogP) is 2.40. The van der Waals surface area contributed by atoms with Gasteiger partial charge in [-0.2, -0.15) is 4.31 Å². The monoisotopic (exact) mass is 445 g/mol. The molecule has 0 N–H and O–H groups in total. The van der Waals surface area contributed by atoms with Gasteiger partial charge in [0, 0.05) is 53.1 Å². The number of carbonyl (C=O) groups excluding carboxylic acids is 1. The number of sulfonamides is 1. The van der Waals surface area contributed by atoms with E-state index in [1.54, 1.807) is 28.4 Å². The first-order chi connectivity index (χ1) is 14.6. The number of benzene rings is 1. The van der Waals surface area contributed by atoms with Gasteiger partial charge in [-0.15, -0.1) is 0 Å². The van der Waals surface area contributed by atoms with Gasteiger partial charge in [0.1, 0.15) is 11.6 Å². The van der Waals surface area contributed by atoms with Crippen LogP contribution in [0.15, 0.2) is 35.2 Å². The van der Waals surface area contributed by atoms with Crippen molar-refractivity contribution in [1.29, 1.82) is 0 Å². The Morgan fingerprint density at radius 3 is 2.26 bits per heavy atom. The molecule has 0 spiro atoms. The van der Waals surface area contributed by atoms with Gasteiger partial charge in [0.05, 0.1) is 17.1 Å².